The monoisotopic (exact) mass is 436 g/mol. The zero-order chi connectivity index (χ0) is 19.6. The first-order chi connectivity index (χ1) is 12.7. The molecule has 2 N–H and O–H groups in total. The van der Waals surface area contributed by atoms with Gasteiger partial charge in [0.05, 0.1) is 10.7 Å². The Bertz CT molecular complexity index is 834. The molecule has 1 heterocycles. The van der Waals surface area contributed by atoms with Gasteiger partial charge in [-0.3, -0.25) is 4.68 Å². The van der Waals surface area contributed by atoms with E-state index >= 15 is 0 Å². The van der Waals surface area contributed by atoms with E-state index in [1.54, 1.807) is 18.2 Å². The lowest BCUT2D eigenvalue weighted by Gasteiger charge is -2.12. The standard InChI is InChI=1S/C17H17Cl2F3N4S/c18-11-4-5-13(12(19)8-11)24-16(27)23-6-1-7-26-14(10-2-3-10)9-15(25-26)17(20,21)22/h4-5,8-10H,1-3,6-7H2,(H2,23,24,27). The van der Waals surface area contributed by atoms with Crippen molar-refractivity contribution in [2.24, 2.45) is 0 Å². The van der Waals surface area contributed by atoms with Crippen LogP contribution in [0.4, 0.5) is 18.9 Å². The molecule has 0 unspecified atom stereocenters. The zero-order valence-corrected chi connectivity index (χ0v) is 16.4. The summed E-state index contributed by atoms with van der Waals surface area (Å²) in [6, 6.07) is 6.17. The first-order valence-corrected chi connectivity index (χ1v) is 9.55. The predicted molar refractivity (Wildman–Crippen MR) is 105 cm³/mol. The second-order valence-corrected chi connectivity index (χ2v) is 7.56. The van der Waals surface area contributed by atoms with E-state index in [1.165, 1.54) is 10.7 Å². The molecule has 1 aromatic heterocycles. The molecule has 0 bridgehead atoms. The van der Waals surface area contributed by atoms with Crippen molar-refractivity contribution in [3.63, 3.8) is 0 Å². The zero-order valence-electron chi connectivity index (χ0n) is 14.1. The first kappa shape index (κ1) is 20.2. The molecule has 3 rings (SSSR count). The van der Waals surface area contributed by atoms with Crippen LogP contribution in [0.15, 0.2) is 24.3 Å². The smallest absolute Gasteiger partial charge is 0.362 e. The Morgan fingerprint density at radius 3 is 2.63 bits per heavy atom. The molecule has 0 atom stereocenters. The molecule has 146 valence electrons. The Balaban J connectivity index is 1.50. The molecule has 27 heavy (non-hydrogen) atoms. The molecule has 1 aromatic carbocycles. The van der Waals surface area contributed by atoms with Crippen LogP contribution in [0.3, 0.4) is 0 Å². The van der Waals surface area contributed by atoms with Gasteiger partial charge in [0.25, 0.3) is 0 Å². The minimum atomic E-state index is -4.42. The molecule has 1 fully saturated rings. The summed E-state index contributed by atoms with van der Waals surface area (Å²) in [4.78, 5) is 0. The second-order valence-electron chi connectivity index (χ2n) is 6.31. The number of thiocarbonyl (C=S) groups is 1. The van der Waals surface area contributed by atoms with Gasteiger partial charge in [0, 0.05) is 29.7 Å². The predicted octanol–water partition coefficient (Wildman–Crippen LogP) is 5.46. The van der Waals surface area contributed by atoms with E-state index in [-0.39, 0.29) is 5.92 Å². The lowest BCUT2D eigenvalue weighted by atomic mass is 10.2. The van der Waals surface area contributed by atoms with Gasteiger partial charge in [-0.25, -0.2) is 0 Å². The van der Waals surface area contributed by atoms with Gasteiger partial charge < -0.3 is 10.6 Å². The molecule has 0 radical (unpaired) electrons. The lowest BCUT2D eigenvalue weighted by Crippen LogP contribution is -2.30. The maximum Gasteiger partial charge on any atom is 0.435 e. The Kier molecular flexibility index (Phi) is 6.18. The van der Waals surface area contributed by atoms with E-state index < -0.39 is 11.9 Å². The summed E-state index contributed by atoms with van der Waals surface area (Å²) in [5.41, 5.74) is 0.458. The highest BCUT2D eigenvalue weighted by Gasteiger charge is 2.37. The molecular weight excluding hydrogens is 420 g/mol. The van der Waals surface area contributed by atoms with Gasteiger partial charge >= 0.3 is 6.18 Å². The number of hydrogen-bond donors (Lipinski definition) is 2. The highest BCUT2D eigenvalue weighted by molar-refractivity contribution is 7.80. The number of rotatable bonds is 6. The number of anilines is 1. The number of aromatic nitrogens is 2. The minimum Gasteiger partial charge on any atom is -0.362 e. The molecule has 2 aromatic rings. The van der Waals surface area contributed by atoms with E-state index in [4.69, 9.17) is 35.4 Å². The molecule has 0 aliphatic heterocycles. The van der Waals surface area contributed by atoms with Gasteiger partial charge in [-0.15, -0.1) is 0 Å². The summed E-state index contributed by atoms with van der Waals surface area (Å²) in [7, 11) is 0. The van der Waals surface area contributed by atoms with Crippen molar-refractivity contribution in [2.45, 2.75) is 37.9 Å². The Labute approximate surface area is 170 Å². The van der Waals surface area contributed by atoms with Crippen molar-refractivity contribution < 1.29 is 13.2 Å². The summed E-state index contributed by atoms with van der Waals surface area (Å²) in [6.07, 6.45) is -2.01. The summed E-state index contributed by atoms with van der Waals surface area (Å²) in [5.74, 6) is 0.191. The average molecular weight is 437 g/mol. The van der Waals surface area contributed by atoms with Crippen LogP contribution in [-0.4, -0.2) is 21.4 Å². The number of nitrogens with zero attached hydrogens (tertiary/aromatic N) is 2. The van der Waals surface area contributed by atoms with Crippen molar-refractivity contribution in [1.82, 2.24) is 15.1 Å². The van der Waals surface area contributed by atoms with E-state index in [0.29, 0.717) is 46.0 Å². The lowest BCUT2D eigenvalue weighted by molar-refractivity contribution is -0.141. The van der Waals surface area contributed by atoms with Crippen molar-refractivity contribution in [3.8, 4) is 0 Å². The van der Waals surface area contributed by atoms with Crippen molar-refractivity contribution >= 4 is 46.2 Å². The third kappa shape index (κ3) is 5.49. The van der Waals surface area contributed by atoms with Gasteiger partial charge in [-0.2, -0.15) is 18.3 Å². The Hall–Kier alpha value is -1.51. The minimum absolute atomic E-state index is 0.191. The molecule has 1 saturated carbocycles. The fourth-order valence-electron chi connectivity index (χ4n) is 2.64. The molecular formula is C17H17Cl2F3N4S. The third-order valence-corrected chi connectivity index (χ3v) is 4.90. The van der Waals surface area contributed by atoms with Crippen LogP contribution < -0.4 is 10.6 Å². The quantitative estimate of drug-likeness (QED) is 0.465. The van der Waals surface area contributed by atoms with Crippen LogP contribution in [0.2, 0.25) is 10.0 Å². The number of alkyl halides is 3. The molecule has 10 heteroatoms. The van der Waals surface area contributed by atoms with E-state index in [9.17, 15) is 13.2 Å². The van der Waals surface area contributed by atoms with Crippen molar-refractivity contribution in [2.75, 3.05) is 11.9 Å². The van der Waals surface area contributed by atoms with Crippen LogP contribution in [0.25, 0.3) is 0 Å². The van der Waals surface area contributed by atoms with E-state index in [0.717, 1.165) is 12.8 Å². The van der Waals surface area contributed by atoms with Crippen LogP contribution in [0, 0.1) is 0 Å². The summed E-state index contributed by atoms with van der Waals surface area (Å²) < 4.78 is 40.1. The number of halogens is 5. The van der Waals surface area contributed by atoms with Crippen molar-refractivity contribution in [3.05, 3.63) is 45.7 Å². The van der Waals surface area contributed by atoms with Gasteiger partial charge in [0.2, 0.25) is 0 Å². The molecule has 0 spiro atoms. The SMILES string of the molecule is FC(F)(F)c1cc(C2CC2)n(CCCNC(=S)Nc2ccc(Cl)cc2Cl)n1. The van der Waals surface area contributed by atoms with E-state index in [1.807, 2.05) is 0 Å². The largest absolute Gasteiger partial charge is 0.435 e. The molecule has 1 aliphatic rings. The van der Waals surface area contributed by atoms with Crippen LogP contribution >= 0.6 is 35.4 Å². The maximum atomic E-state index is 12.9. The third-order valence-electron chi connectivity index (χ3n) is 4.11. The highest BCUT2D eigenvalue weighted by Crippen LogP contribution is 2.42. The first-order valence-electron chi connectivity index (χ1n) is 8.39. The molecule has 1 aliphatic carbocycles. The Morgan fingerprint density at radius 2 is 2.00 bits per heavy atom. The molecule has 0 saturated heterocycles. The van der Waals surface area contributed by atoms with Crippen LogP contribution in [-0.2, 0) is 12.7 Å². The topological polar surface area (TPSA) is 41.9 Å². The number of benzene rings is 1. The van der Waals surface area contributed by atoms with Gasteiger partial charge in [0.1, 0.15) is 0 Å². The highest BCUT2D eigenvalue weighted by atomic mass is 35.5. The van der Waals surface area contributed by atoms with Crippen LogP contribution in [0.1, 0.15) is 36.6 Å². The maximum absolute atomic E-state index is 12.9. The number of nitrogens with one attached hydrogen (secondary N) is 2. The number of hydrogen-bond acceptors (Lipinski definition) is 2. The van der Waals surface area contributed by atoms with Gasteiger partial charge in [-0.05, 0) is 55.7 Å². The van der Waals surface area contributed by atoms with E-state index in [2.05, 4.69) is 15.7 Å². The number of aryl methyl sites for hydroxylation is 1. The summed E-state index contributed by atoms with van der Waals surface area (Å²) >= 11 is 17.1. The summed E-state index contributed by atoms with van der Waals surface area (Å²) in [5, 5.41) is 11.0. The van der Waals surface area contributed by atoms with Gasteiger partial charge in [0.15, 0.2) is 10.8 Å². The fraction of sp³-hybridized carbons (Fsp3) is 0.412. The molecule has 4 nitrogen and oxygen atoms in total. The normalized spacial score (nSPS) is 14.3. The Morgan fingerprint density at radius 1 is 1.26 bits per heavy atom. The average Bonchev–Trinajstić information content (AvgIpc) is 3.33. The second kappa shape index (κ2) is 8.24. The fourth-order valence-corrected chi connectivity index (χ4v) is 3.31. The summed E-state index contributed by atoms with van der Waals surface area (Å²) in [6.45, 7) is 0.877. The van der Waals surface area contributed by atoms with Crippen molar-refractivity contribution in [1.29, 1.82) is 0 Å². The molecule has 0 amide bonds. The van der Waals surface area contributed by atoms with Crippen LogP contribution in [0.5, 0.6) is 0 Å². The van der Waals surface area contributed by atoms with Gasteiger partial charge in [-0.1, -0.05) is 23.2 Å².